The maximum atomic E-state index is 12.7. The second-order valence-electron chi connectivity index (χ2n) is 8.50. The minimum absolute atomic E-state index is 0.154. The number of benzene rings is 3. The van der Waals surface area contributed by atoms with Gasteiger partial charge in [0.15, 0.2) is 5.71 Å². The highest BCUT2D eigenvalue weighted by atomic mass is 16.5. The number of fused-ring (bicyclic) bond motifs is 1. The molecule has 1 saturated heterocycles. The van der Waals surface area contributed by atoms with Crippen LogP contribution >= 0.6 is 0 Å². The van der Waals surface area contributed by atoms with E-state index in [1.807, 2.05) is 50.5 Å². The quantitative estimate of drug-likeness (QED) is 0.198. The van der Waals surface area contributed by atoms with Gasteiger partial charge in [0, 0.05) is 54.9 Å². The third-order valence-corrected chi connectivity index (χ3v) is 6.30. The Labute approximate surface area is 207 Å². The molecule has 0 atom stereocenters. The molecule has 4 rings (SSSR count). The number of allylic oxidation sites excluding steroid dienone is 1. The highest BCUT2D eigenvalue weighted by Gasteiger charge is 2.19. The second-order valence-corrected chi connectivity index (χ2v) is 8.50. The molecule has 0 amide bonds. The van der Waals surface area contributed by atoms with E-state index in [4.69, 9.17) is 4.74 Å². The number of hydrogen-bond donors (Lipinski definition) is 1. The first-order chi connectivity index (χ1) is 17.0. The molecule has 3 aromatic carbocycles. The van der Waals surface area contributed by atoms with Gasteiger partial charge in [-0.1, -0.05) is 61.2 Å². The van der Waals surface area contributed by atoms with Crippen molar-refractivity contribution in [2.75, 3.05) is 49.5 Å². The van der Waals surface area contributed by atoms with E-state index in [0.29, 0.717) is 5.57 Å². The Kier molecular flexibility index (Phi) is 7.51. The number of carbonyl (C=O) groups is 1. The van der Waals surface area contributed by atoms with Gasteiger partial charge in [0.25, 0.3) is 0 Å². The maximum Gasteiger partial charge on any atom is 0.359 e. The van der Waals surface area contributed by atoms with E-state index in [0.717, 1.165) is 35.4 Å². The zero-order valence-electron chi connectivity index (χ0n) is 20.6. The summed E-state index contributed by atoms with van der Waals surface area (Å²) in [6, 6.07) is 20.4. The summed E-state index contributed by atoms with van der Waals surface area (Å²) in [5.74, 6) is -0.536. The fraction of sp³-hybridized carbons (Fsp3) is 0.241. The van der Waals surface area contributed by atoms with Crippen LogP contribution in [0.4, 0.5) is 17.1 Å². The van der Waals surface area contributed by atoms with Crippen LogP contribution in [-0.4, -0.2) is 46.0 Å². The van der Waals surface area contributed by atoms with Gasteiger partial charge < -0.3 is 15.0 Å². The van der Waals surface area contributed by atoms with E-state index in [-0.39, 0.29) is 5.71 Å². The number of hydrogen-bond acceptors (Lipinski definition) is 6. The van der Waals surface area contributed by atoms with Gasteiger partial charge in [-0.25, -0.2) is 4.79 Å². The van der Waals surface area contributed by atoms with E-state index < -0.39 is 5.97 Å². The number of nitrogens with zero attached hydrogens (tertiary/aromatic N) is 3. The van der Waals surface area contributed by atoms with Gasteiger partial charge in [0.2, 0.25) is 0 Å². The molecule has 1 heterocycles. The standard InChI is InChI=1S/C29H32N4O2/c1-21(15-16-22-11-5-8-14-25(22)30-2)28(29(34)35-4)31-32(3)26-17-18-27(33-19-9-10-20-33)24-13-7-6-12-23(24)26/h5-8,11-18,30H,1,9-10,19-20H2,2-4H3/b16-15-,31-28-. The van der Waals surface area contributed by atoms with Crippen LogP contribution in [0.3, 0.4) is 0 Å². The molecule has 1 aliphatic rings. The second kappa shape index (κ2) is 10.9. The zero-order valence-corrected chi connectivity index (χ0v) is 20.6. The van der Waals surface area contributed by atoms with Crippen molar-refractivity contribution in [2.24, 2.45) is 5.10 Å². The van der Waals surface area contributed by atoms with E-state index in [1.165, 1.54) is 31.0 Å². The summed E-state index contributed by atoms with van der Waals surface area (Å²) < 4.78 is 5.03. The van der Waals surface area contributed by atoms with E-state index >= 15 is 0 Å². The van der Waals surface area contributed by atoms with Crippen LogP contribution in [-0.2, 0) is 9.53 Å². The molecule has 0 unspecified atom stereocenters. The first kappa shape index (κ1) is 24.1. The molecule has 0 bridgehead atoms. The summed E-state index contributed by atoms with van der Waals surface area (Å²) in [6.07, 6.45) is 6.13. The predicted molar refractivity (Wildman–Crippen MR) is 147 cm³/mol. The molecule has 0 aliphatic carbocycles. The molecule has 1 N–H and O–H groups in total. The number of esters is 1. The van der Waals surface area contributed by atoms with Crippen LogP contribution in [0, 0.1) is 0 Å². The Morgan fingerprint density at radius 2 is 1.74 bits per heavy atom. The molecule has 3 aromatic rings. The Morgan fingerprint density at radius 3 is 2.46 bits per heavy atom. The molecule has 35 heavy (non-hydrogen) atoms. The van der Waals surface area contributed by atoms with Gasteiger partial charge in [-0.15, -0.1) is 0 Å². The summed E-state index contributed by atoms with van der Waals surface area (Å²) >= 11 is 0. The summed E-state index contributed by atoms with van der Waals surface area (Å²) in [5.41, 5.74) is 4.73. The van der Waals surface area contributed by atoms with E-state index in [2.05, 4.69) is 52.2 Å². The predicted octanol–water partition coefficient (Wildman–Crippen LogP) is 5.72. The molecular weight excluding hydrogens is 436 g/mol. The average Bonchev–Trinajstić information content (AvgIpc) is 3.44. The van der Waals surface area contributed by atoms with E-state index in [1.54, 1.807) is 11.1 Å². The van der Waals surface area contributed by atoms with Crippen LogP contribution in [0.1, 0.15) is 18.4 Å². The van der Waals surface area contributed by atoms with Crippen molar-refractivity contribution in [3.8, 4) is 0 Å². The first-order valence-corrected chi connectivity index (χ1v) is 11.8. The highest BCUT2D eigenvalue weighted by molar-refractivity contribution is 6.44. The third-order valence-electron chi connectivity index (χ3n) is 6.30. The largest absolute Gasteiger partial charge is 0.464 e. The van der Waals surface area contributed by atoms with Crippen molar-refractivity contribution in [3.05, 3.63) is 84.5 Å². The molecule has 0 aromatic heterocycles. The average molecular weight is 469 g/mol. The minimum atomic E-state index is -0.536. The minimum Gasteiger partial charge on any atom is -0.464 e. The molecular formula is C29H32N4O2. The van der Waals surface area contributed by atoms with Crippen molar-refractivity contribution in [1.29, 1.82) is 0 Å². The van der Waals surface area contributed by atoms with Crippen molar-refractivity contribution in [3.63, 3.8) is 0 Å². The summed E-state index contributed by atoms with van der Waals surface area (Å²) in [4.78, 5) is 15.1. The van der Waals surface area contributed by atoms with Gasteiger partial charge >= 0.3 is 5.97 Å². The molecule has 0 spiro atoms. The fourth-order valence-corrected chi connectivity index (χ4v) is 4.46. The number of anilines is 3. The fourth-order valence-electron chi connectivity index (χ4n) is 4.46. The van der Waals surface area contributed by atoms with Gasteiger partial charge in [0.05, 0.1) is 12.8 Å². The van der Waals surface area contributed by atoms with Crippen molar-refractivity contribution >= 4 is 45.6 Å². The topological polar surface area (TPSA) is 57.2 Å². The number of hydrazone groups is 1. The van der Waals surface area contributed by atoms with Gasteiger partial charge in [-0.05, 0) is 36.6 Å². The van der Waals surface area contributed by atoms with Crippen LogP contribution in [0.25, 0.3) is 16.8 Å². The van der Waals surface area contributed by atoms with Gasteiger partial charge in [-0.2, -0.15) is 5.10 Å². The maximum absolute atomic E-state index is 12.7. The van der Waals surface area contributed by atoms with Crippen LogP contribution in [0.5, 0.6) is 0 Å². The Balaban J connectivity index is 1.68. The number of ether oxygens (including phenoxy) is 1. The third kappa shape index (κ3) is 5.22. The van der Waals surface area contributed by atoms with Crippen molar-refractivity contribution in [1.82, 2.24) is 0 Å². The normalized spacial score (nSPS) is 13.9. The zero-order chi connectivity index (χ0) is 24.8. The summed E-state index contributed by atoms with van der Waals surface area (Å²) in [6.45, 7) is 6.25. The van der Waals surface area contributed by atoms with Crippen molar-refractivity contribution < 1.29 is 9.53 Å². The molecule has 1 aliphatic heterocycles. The Bertz CT molecular complexity index is 1290. The summed E-state index contributed by atoms with van der Waals surface area (Å²) in [5, 5.41) is 11.8. The Hall–Kier alpha value is -4.06. The SMILES string of the molecule is C=C(/C=C\c1ccccc1NC)/C(=N/N(C)c1ccc(N2CCCC2)c2ccccc12)C(=O)OC. The van der Waals surface area contributed by atoms with Crippen LogP contribution in [0.15, 0.2) is 84.0 Å². The molecule has 0 radical (unpaired) electrons. The molecule has 6 nitrogen and oxygen atoms in total. The molecule has 1 fully saturated rings. The lowest BCUT2D eigenvalue weighted by molar-refractivity contribution is -0.132. The Morgan fingerprint density at radius 1 is 1.06 bits per heavy atom. The monoisotopic (exact) mass is 468 g/mol. The smallest absolute Gasteiger partial charge is 0.359 e. The lowest BCUT2D eigenvalue weighted by atomic mass is 10.1. The lowest BCUT2D eigenvalue weighted by Gasteiger charge is -2.23. The van der Waals surface area contributed by atoms with Crippen LogP contribution in [0.2, 0.25) is 0 Å². The first-order valence-electron chi connectivity index (χ1n) is 11.8. The number of carbonyl (C=O) groups excluding carboxylic acids is 1. The summed E-state index contributed by atoms with van der Waals surface area (Å²) in [7, 11) is 5.07. The van der Waals surface area contributed by atoms with Crippen molar-refractivity contribution in [2.45, 2.75) is 12.8 Å². The number of nitrogens with one attached hydrogen (secondary N) is 1. The lowest BCUT2D eigenvalue weighted by Crippen LogP contribution is -2.23. The highest BCUT2D eigenvalue weighted by Crippen LogP contribution is 2.35. The number of para-hydroxylation sites is 1. The number of methoxy groups -OCH3 is 1. The molecule has 180 valence electrons. The van der Waals surface area contributed by atoms with Gasteiger partial charge in [-0.3, -0.25) is 5.01 Å². The number of rotatable bonds is 8. The van der Waals surface area contributed by atoms with E-state index in [9.17, 15) is 4.79 Å². The van der Waals surface area contributed by atoms with Crippen LogP contribution < -0.4 is 15.2 Å². The molecule has 0 saturated carbocycles. The molecule has 6 heteroatoms. The van der Waals surface area contributed by atoms with Gasteiger partial charge in [0.1, 0.15) is 0 Å².